The topological polar surface area (TPSA) is 27.3 Å². The summed E-state index contributed by atoms with van der Waals surface area (Å²) in [7, 11) is 0. The lowest BCUT2D eigenvalue weighted by molar-refractivity contribution is 0.259. The summed E-state index contributed by atoms with van der Waals surface area (Å²) >= 11 is 5.18. The van der Waals surface area contributed by atoms with E-state index in [-0.39, 0.29) is 0 Å². The summed E-state index contributed by atoms with van der Waals surface area (Å²) in [6.45, 7) is 9.88. The first-order chi connectivity index (χ1) is 7.09. The zero-order valence-electron chi connectivity index (χ0n) is 10.0. The van der Waals surface area contributed by atoms with Gasteiger partial charge in [-0.15, -0.1) is 0 Å². The Hall–Kier alpha value is -0.350. The summed E-state index contributed by atoms with van der Waals surface area (Å²) in [6, 6.07) is 0.992. The minimum Gasteiger partial charge on any atom is -0.361 e. The van der Waals surface area contributed by atoms with Crippen LogP contribution in [0.3, 0.4) is 0 Å². The van der Waals surface area contributed by atoms with Crippen LogP contribution in [0.25, 0.3) is 0 Å². The van der Waals surface area contributed by atoms with Crippen LogP contribution >= 0.6 is 12.2 Å². The molecule has 1 heterocycles. The van der Waals surface area contributed by atoms with Crippen molar-refractivity contribution in [3.63, 3.8) is 0 Å². The quantitative estimate of drug-likeness (QED) is 0.712. The third-order valence-electron chi connectivity index (χ3n) is 2.74. The molecule has 1 unspecified atom stereocenters. The van der Waals surface area contributed by atoms with Crippen molar-refractivity contribution in [2.45, 2.75) is 45.7 Å². The van der Waals surface area contributed by atoms with Crippen LogP contribution in [0.2, 0.25) is 0 Å². The summed E-state index contributed by atoms with van der Waals surface area (Å²) < 4.78 is 0. The molecule has 15 heavy (non-hydrogen) atoms. The molecule has 0 aromatic rings. The molecular formula is C11H23N3S. The smallest absolute Gasteiger partial charge is 0.166 e. The Balaban J connectivity index is 2.15. The van der Waals surface area contributed by atoms with Crippen molar-refractivity contribution in [3.8, 4) is 0 Å². The molecule has 1 aliphatic heterocycles. The summed E-state index contributed by atoms with van der Waals surface area (Å²) in [6.07, 6.45) is 2.69. The van der Waals surface area contributed by atoms with Crippen molar-refractivity contribution >= 4 is 17.3 Å². The van der Waals surface area contributed by atoms with E-state index in [0.29, 0.717) is 12.1 Å². The molecule has 1 atom stereocenters. The Kier molecular flexibility index (Phi) is 5.32. The molecule has 1 fully saturated rings. The summed E-state index contributed by atoms with van der Waals surface area (Å²) in [5.41, 5.74) is 0. The highest BCUT2D eigenvalue weighted by Crippen LogP contribution is 2.10. The van der Waals surface area contributed by atoms with Gasteiger partial charge >= 0.3 is 0 Å². The first kappa shape index (κ1) is 12.7. The van der Waals surface area contributed by atoms with Crippen molar-refractivity contribution < 1.29 is 0 Å². The lowest BCUT2D eigenvalue weighted by Gasteiger charge is -2.25. The van der Waals surface area contributed by atoms with E-state index in [9.17, 15) is 0 Å². The molecule has 0 aliphatic carbocycles. The molecule has 0 spiro atoms. The molecule has 2 N–H and O–H groups in total. The second kappa shape index (κ2) is 6.28. The van der Waals surface area contributed by atoms with E-state index in [2.05, 4.69) is 36.3 Å². The van der Waals surface area contributed by atoms with Gasteiger partial charge in [-0.2, -0.15) is 0 Å². The van der Waals surface area contributed by atoms with Gasteiger partial charge in [-0.1, -0.05) is 0 Å². The number of nitrogens with zero attached hydrogens (tertiary/aromatic N) is 1. The lowest BCUT2D eigenvalue weighted by Crippen LogP contribution is -2.45. The number of likely N-dealkylation sites (tertiary alicyclic amines) is 1. The molecule has 0 radical (unpaired) electrons. The van der Waals surface area contributed by atoms with Gasteiger partial charge in [0.2, 0.25) is 0 Å². The highest BCUT2D eigenvalue weighted by Gasteiger charge is 2.17. The van der Waals surface area contributed by atoms with Gasteiger partial charge in [0.15, 0.2) is 5.11 Å². The van der Waals surface area contributed by atoms with Crippen LogP contribution in [-0.2, 0) is 0 Å². The number of rotatable bonds is 4. The highest BCUT2D eigenvalue weighted by atomic mass is 32.1. The van der Waals surface area contributed by atoms with Crippen LogP contribution in [0.15, 0.2) is 0 Å². The Labute approximate surface area is 98.6 Å². The minimum atomic E-state index is 0.409. The Morgan fingerprint density at radius 1 is 1.27 bits per heavy atom. The van der Waals surface area contributed by atoms with Gasteiger partial charge in [-0.3, -0.25) is 4.90 Å². The molecule has 0 bridgehead atoms. The Morgan fingerprint density at radius 2 is 1.87 bits per heavy atom. The molecule has 1 aliphatic rings. The fourth-order valence-corrected chi connectivity index (χ4v) is 2.18. The van der Waals surface area contributed by atoms with E-state index in [0.717, 1.165) is 11.7 Å². The maximum Gasteiger partial charge on any atom is 0.166 e. The van der Waals surface area contributed by atoms with E-state index in [1.807, 2.05) is 0 Å². The van der Waals surface area contributed by atoms with Gasteiger partial charge < -0.3 is 10.6 Å². The van der Waals surface area contributed by atoms with Crippen molar-refractivity contribution in [2.24, 2.45) is 0 Å². The predicted molar refractivity (Wildman–Crippen MR) is 69.1 cm³/mol. The fourth-order valence-electron chi connectivity index (χ4n) is 1.87. The molecule has 88 valence electrons. The number of nitrogens with one attached hydrogen (secondary N) is 2. The van der Waals surface area contributed by atoms with E-state index in [1.54, 1.807) is 0 Å². The van der Waals surface area contributed by atoms with Gasteiger partial charge in [0.05, 0.1) is 0 Å². The predicted octanol–water partition coefficient (Wildman–Crippen LogP) is 1.34. The Bertz CT molecular complexity index is 200. The second-order valence-electron chi connectivity index (χ2n) is 4.60. The molecular weight excluding hydrogens is 206 g/mol. The van der Waals surface area contributed by atoms with Gasteiger partial charge in [-0.25, -0.2) is 0 Å². The standard InChI is InChI=1S/C11H23N3S/c1-9(2)13-11(15)12-8-10(3)14-6-4-5-7-14/h9-10H,4-8H2,1-3H3,(H2,12,13,15). The van der Waals surface area contributed by atoms with Crippen LogP contribution in [0.1, 0.15) is 33.6 Å². The average molecular weight is 229 g/mol. The lowest BCUT2D eigenvalue weighted by atomic mass is 10.3. The van der Waals surface area contributed by atoms with Crippen molar-refractivity contribution in [2.75, 3.05) is 19.6 Å². The number of hydrogen-bond acceptors (Lipinski definition) is 2. The molecule has 0 aromatic heterocycles. The zero-order chi connectivity index (χ0) is 11.3. The highest BCUT2D eigenvalue weighted by molar-refractivity contribution is 7.80. The third-order valence-corrected chi connectivity index (χ3v) is 3.00. The van der Waals surface area contributed by atoms with E-state index < -0.39 is 0 Å². The summed E-state index contributed by atoms with van der Waals surface area (Å²) in [5.74, 6) is 0. The monoisotopic (exact) mass is 229 g/mol. The molecule has 1 saturated heterocycles. The van der Waals surface area contributed by atoms with Gasteiger partial charge in [0, 0.05) is 18.6 Å². The minimum absolute atomic E-state index is 0.409. The largest absolute Gasteiger partial charge is 0.361 e. The van der Waals surface area contributed by atoms with E-state index >= 15 is 0 Å². The molecule has 1 rings (SSSR count). The van der Waals surface area contributed by atoms with Gasteiger partial charge in [-0.05, 0) is 58.9 Å². The SMILES string of the molecule is CC(C)NC(=S)NCC(C)N1CCCC1. The van der Waals surface area contributed by atoms with Crippen molar-refractivity contribution in [3.05, 3.63) is 0 Å². The first-order valence-electron chi connectivity index (χ1n) is 5.88. The zero-order valence-corrected chi connectivity index (χ0v) is 10.9. The van der Waals surface area contributed by atoms with Gasteiger partial charge in [0.1, 0.15) is 0 Å². The fraction of sp³-hybridized carbons (Fsp3) is 0.909. The Morgan fingerprint density at radius 3 is 2.40 bits per heavy atom. The molecule has 0 aromatic carbocycles. The third kappa shape index (κ3) is 4.80. The van der Waals surface area contributed by atoms with E-state index in [4.69, 9.17) is 12.2 Å². The maximum absolute atomic E-state index is 5.18. The number of hydrogen-bond donors (Lipinski definition) is 2. The van der Waals surface area contributed by atoms with Crippen LogP contribution in [-0.4, -0.2) is 41.7 Å². The maximum atomic E-state index is 5.18. The molecule has 3 nitrogen and oxygen atoms in total. The van der Waals surface area contributed by atoms with Crippen LogP contribution < -0.4 is 10.6 Å². The summed E-state index contributed by atoms with van der Waals surface area (Å²) in [4.78, 5) is 2.52. The van der Waals surface area contributed by atoms with Crippen LogP contribution in [0, 0.1) is 0 Å². The number of thiocarbonyl (C=S) groups is 1. The van der Waals surface area contributed by atoms with Crippen LogP contribution in [0.4, 0.5) is 0 Å². The molecule has 0 saturated carbocycles. The molecule has 4 heteroatoms. The summed E-state index contributed by atoms with van der Waals surface area (Å²) in [5, 5.41) is 7.23. The molecule has 0 amide bonds. The van der Waals surface area contributed by atoms with Crippen LogP contribution in [0.5, 0.6) is 0 Å². The van der Waals surface area contributed by atoms with Crippen molar-refractivity contribution in [1.29, 1.82) is 0 Å². The second-order valence-corrected chi connectivity index (χ2v) is 5.01. The van der Waals surface area contributed by atoms with Gasteiger partial charge in [0.25, 0.3) is 0 Å². The first-order valence-corrected chi connectivity index (χ1v) is 6.29. The normalized spacial score (nSPS) is 19.2. The van der Waals surface area contributed by atoms with E-state index in [1.165, 1.54) is 25.9 Å². The average Bonchev–Trinajstić information content (AvgIpc) is 2.65. The van der Waals surface area contributed by atoms with Crippen molar-refractivity contribution in [1.82, 2.24) is 15.5 Å².